The third-order valence-corrected chi connectivity index (χ3v) is 3.71. The Labute approximate surface area is 122 Å². The molecule has 0 atom stereocenters. The highest BCUT2D eigenvalue weighted by molar-refractivity contribution is 5.94. The maximum absolute atomic E-state index is 12.5. The second kappa shape index (κ2) is 5.96. The minimum Gasteiger partial charge on any atom is -0.456 e. The molecule has 0 radical (unpaired) electrons. The molecule has 1 aromatic rings. The van der Waals surface area contributed by atoms with Crippen LogP contribution >= 0.6 is 0 Å². The standard InChI is InChI=1S/C17H26O3/c1-10-11(2)13(4)15(14(9-19-8)12(10)3)16(18)20-17(5,6)7/h9H2,1-8H3. The van der Waals surface area contributed by atoms with Crippen molar-refractivity contribution >= 4 is 5.97 Å². The minimum absolute atomic E-state index is 0.270. The van der Waals surface area contributed by atoms with Crippen LogP contribution in [0.1, 0.15) is 58.9 Å². The van der Waals surface area contributed by atoms with Crippen molar-refractivity contribution in [3.8, 4) is 0 Å². The molecule has 0 aromatic heterocycles. The van der Waals surface area contributed by atoms with E-state index in [2.05, 4.69) is 6.92 Å². The van der Waals surface area contributed by atoms with E-state index in [1.54, 1.807) is 7.11 Å². The summed E-state index contributed by atoms with van der Waals surface area (Å²) in [6, 6.07) is 0. The summed E-state index contributed by atoms with van der Waals surface area (Å²) in [5, 5.41) is 0. The van der Waals surface area contributed by atoms with Crippen LogP contribution in [0.5, 0.6) is 0 Å². The van der Waals surface area contributed by atoms with Gasteiger partial charge in [0.25, 0.3) is 0 Å². The number of ether oxygens (including phenoxy) is 2. The van der Waals surface area contributed by atoms with E-state index in [4.69, 9.17) is 9.47 Å². The molecule has 0 saturated heterocycles. The van der Waals surface area contributed by atoms with Gasteiger partial charge in [-0.3, -0.25) is 0 Å². The first kappa shape index (κ1) is 16.7. The van der Waals surface area contributed by atoms with Crippen LogP contribution in [0, 0.1) is 27.7 Å². The number of hydrogen-bond acceptors (Lipinski definition) is 3. The SMILES string of the molecule is COCc1c(C)c(C)c(C)c(C)c1C(=O)OC(C)(C)C. The number of carbonyl (C=O) groups is 1. The first-order chi connectivity index (χ1) is 9.10. The Morgan fingerprint density at radius 1 is 0.950 bits per heavy atom. The highest BCUT2D eigenvalue weighted by atomic mass is 16.6. The molecule has 0 fully saturated rings. The average molecular weight is 278 g/mol. The van der Waals surface area contributed by atoms with Crippen LogP contribution in [-0.4, -0.2) is 18.7 Å². The summed E-state index contributed by atoms with van der Waals surface area (Å²) in [6.45, 7) is 14.2. The van der Waals surface area contributed by atoms with Crippen molar-refractivity contribution in [2.45, 2.75) is 60.7 Å². The van der Waals surface area contributed by atoms with Crippen LogP contribution in [0.15, 0.2) is 0 Å². The van der Waals surface area contributed by atoms with Crippen molar-refractivity contribution in [1.29, 1.82) is 0 Å². The zero-order valence-electron chi connectivity index (χ0n) is 13.9. The third-order valence-electron chi connectivity index (χ3n) is 3.71. The fourth-order valence-corrected chi connectivity index (χ4v) is 2.32. The van der Waals surface area contributed by atoms with Crippen LogP contribution in [0.2, 0.25) is 0 Å². The van der Waals surface area contributed by atoms with Gasteiger partial charge in [-0.2, -0.15) is 0 Å². The number of hydrogen-bond donors (Lipinski definition) is 0. The maximum Gasteiger partial charge on any atom is 0.339 e. The van der Waals surface area contributed by atoms with Gasteiger partial charge in [-0.1, -0.05) is 0 Å². The quantitative estimate of drug-likeness (QED) is 0.783. The van der Waals surface area contributed by atoms with E-state index in [1.807, 2.05) is 41.5 Å². The van der Waals surface area contributed by atoms with Gasteiger partial charge in [-0.05, 0) is 76.3 Å². The molecule has 0 spiro atoms. The van der Waals surface area contributed by atoms with E-state index in [0.717, 1.165) is 22.3 Å². The molecule has 0 aliphatic carbocycles. The zero-order chi connectivity index (χ0) is 15.7. The molecule has 1 rings (SSSR count). The average Bonchev–Trinajstić information content (AvgIpc) is 2.31. The number of carbonyl (C=O) groups excluding carboxylic acids is 1. The smallest absolute Gasteiger partial charge is 0.339 e. The number of esters is 1. The van der Waals surface area contributed by atoms with Gasteiger partial charge < -0.3 is 9.47 Å². The molecule has 0 amide bonds. The van der Waals surface area contributed by atoms with Gasteiger partial charge in [0, 0.05) is 7.11 Å². The van der Waals surface area contributed by atoms with E-state index >= 15 is 0 Å². The lowest BCUT2D eigenvalue weighted by atomic mass is 9.89. The Bertz CT molecular complexity index is 522. The van der Waals surface area contributed by atoms with E-state index in [9.17, 15) is 4.79 Å². The van der Waals surface area contributed by atoms with E-state index < -0.39 is 5.60 Å². The molecular formula is C17H26O3. The Hall–Kier alpha value is -1.35. The molecule has 0 aliphatic heterocycles. The predicted octanol–water partition coefficient (Wildman–Crippen LogP) is 4.02. The molecule has 0 bridgehead atoms. The molecule has 0 heterocycles. The van der Waals surface area contributed by atoms with Gasteiger partial charge in [0.1, 0.15) is 5.60 Å². The monoisotopic (exact) mass is 278 g/mol. The third kappa shape index (κ3) is 3.40. The summed E-state index contributed by atoms with van der Waals surface area (Å²) in [6.07, 6.45) is 0. The molecule has 0 unspecified atom stereocenters. The lowest BCUT2D eigenvalue weighted by molar-refractivity contribution is 0.00648. The van der Waals surface area contributed by atoms with E-state index in [0.29, 0.717) is 12.2 Å². The van der Waals surface area contributed by atoms with E-state index in [1.165, 1.54) is 5.56 Å². The van der Waals surface area contributed by atoms with Crippen LogP contribution in [0.3, 0.4) is 0 Å². The molecular weight excluding hydrogens is 252 g/mol. The highest BCUT2D eigenvalue weighted by Gasteiger charge is 2.25. The molecule has 20 heavy (non-hydrogen) atoms. The topological polar surface area (TPSA) is 35.5 Å². The second-order valence-electron chi connectivity index (χ2n) is 6.29. The minimum atomic E-state index is -0.499. The fourth-order valence-electron chi connectivity index (χ4n) is 2.32. The largest absolute Gasteiger partial charge is 0.456 e. The van der Waals surface area contributed by atoms with Crippen molar-refractivity contribution in [3.05, 3.63) is 33.4 Å². The lowest BCUT2D eigenvalue weighted by Crippen LogP contribution is -2.26. The number of rotatable bonds is 3. The maximum atomic E-state index is 12.5. The molecule has 3 nitrogen and oxygen atoms in total. The second-order valence-corrected chi connectivity index (χ2v) is 6.29. The first-order valence-corrected chi connectivity index (χ1v) is 6.91. The summed E-state index contributed by atoms with van der Waals surface area (Å²) >= 11 is 0. The summed E-state index contributed by atoms with van der Waals surface area (Å²) in [4.78, 5) is 12.5. The molecule has 0 saturated carbocycles. The number of methoxy groups -OCH3 is 1. The van der Waals surface area contributed by atoms with Gasteiger partial charge >= 0.3 is 5.97 Å². The Morgan fingerprint density at radius 2 is 1.45 bits per heavy atom. The Kier molecular flexibility index (Phi) is 4.98. The van der Waals surface area contributed by atoms with Crippen LogP contribution in [-0.2, 0) is 16.1 Å². The molecule has 3 heteroatoms. The molecule has 1 aromatic carbocycles. The van der Waals surface area contributed by atoms with Crippen molar-refractivity contribution in [2.75, 3.05) is 7.11 Å². The first-order valence-electron chi connectivity index (χ1n) is 6.91. The molecule has 0 aliphatic rings. The Balaban J connectivity index is 3.47. The normalized spacial score (nSPS) is 11.6. The molecule has 112 valence electrons. The van der Waals surface area contributed by atoms with Crippen LogP contribution in [0.4, 0.5) is 0 Å². The summed E-state index contributed by atoms with van der Waals surface area (Å²) in [5.41, 5.74) is 5.53. The molecule has 0 N–H and O–H groups in total. The summed E-state index contributed by atoms with van der Waals surface area (Å²) in [5.74, 6) is -0.270. The van der Waals surface area contributed by atoms with Gasteiger partial charge in [0.05, 0.1) is 12.2 Å². The Morgan fingerprint density at radius 3 is 1.90 bits per heavy atom. The van der Waals surface area contributed by atoms with Gasteiger partial charge in [-0.15, -0.1) is 0 Å². The van der Waals surface area contributed by atoms with Crippen molar-refractivity contribution in [3.63, 3.8) is 0 Å². The predicted molar refractivity (Wildman–Crippen MR) is 81.3 cm³/mol. The fraction of sp³-hybridized carbons (Fsp3) is 0.588. The van der Waals surface area contributed by atoms with Crippen molar-refractivity contribution in [2.24, 2.45) is 0 Å². The van der Waals surface area contributed by atoms with Gasteiger partial charge in [0.2, 0.25) is 0 Å². The highest BCUT2D eigenvalue weighted by Crippen LogP contribution is 2.29. The lowest BCUT2D eigenvalue weighted by Gasteiger charge is -2.24. The number of benzene rings is 1. The van der Waals surface area contributed by atoms with E-state index in [-0.39, 0.29) is 5.97 Å². The summed E-state index contributed by atoms with van der Waals surface area (Å²) < 4.78 is 10.8. The van der Waals surface area contributed by atoms with Crippen molar-refractivity contribution in [1.82, 2.24) is 0 Å². The summed E-state index contributed by atoms with van der Waals surface area (Å²) in [7, 11) is 1.64. The van der Waals surface area contributed by atoms with Crippen molar-refractivity contribution < 1.29 is 14.3 Å². The van der Waals surface area contributed by atoms with Gasteiger partial charge in [0.15, 0.2) is 0 Å². The van der Waals surface area contributed by atoms with Crippen LogP contribution < -0.4 is 0 Å². The van der Waals surface area contributed by atoms with Crippen LogP contribution in [0.25, 0.3) is 0 Å². The van der Waals surface area contributed by atoms with Gasteiger partial charge in [-0.25, -0.2) is 4.79 Å². The zero-order valence-corrected chi connectivity index (χ0v) is 13.9.